The summed E-state index contributed by atoms with van der Waals surface area (Å²) in [6.07, 6.45) is -2.59. The molecular weight excluding hydrogens is 499 g/mol. The van der Waals surface area contributed by atoms with Crippen LogP contribution >= 0.6 is 23.5 Å². The topological polar surface area (TPSA) is 65.1 Å². The van der Waals surface area contributed by atoms with Gasteiger partial charge in [0.15, 0.2) is 5.82 Å². The molecular formula is C21H20ClF5N6S. The molecule has 182 valence electrons. The number of hydrogen-bond donors (Lipinski definition) is 3. The van der Waals surface area contributed by atoms with Gasteiger partial charge in [0.2, 0.25) is 5.95 Å². The van der Waals surface area contributed by atoms with E-state index in [2.05, 4.69) is 25.3 Å². The average molecular weight is 519 g/mol. The molecule has 3 N–H and O–H groups in total. The molecule has 0 aliphatic carbocycles. The summed E-state index contributed by atoms with van der Waals surface area (Å²) >= 11 is 7.15. The SMILES string of the molecule is CNCCN(C)c1cc(C(F)(F)F)ccc1Nc1cc(F)c(SNc2ncc(F)cn2)cc1Cl. The van der Waals surface area contributed by atoms with Crippen molar-refractivity contribution in [3.8, 4) is 0 Å². The molecule has 0 bridgehead atoms. The van der Waals surface area contributed by atoms with Gasteiger partial charge in [0, 0.05) is 26.2 Å². The molecule has 6 nitrogen and oxygen atoms in total. The second-order valence-electron chi connectivity index (χ2n) is 7.07. The van der Waals surface area contributed by atoms with Crippen LogP contribution in [-0.2, 0) is 6.18 Å². The first-order valence-electron chi connectivity index (χ1n) is 9.82. The summed E-state index contributed by atoms with van der Waals surface area (Å²) in [5.74, 6) is -1.19. The lowest BCUT2D eigenvalue weighted by Gasteiger charge is -2.24. The van der Waals surface area contributed by atoms with Crippen molar-refractivity contribution in [2.75, 3.05) is 42.1 Å². The highest BCUT2D eigenvalue weighted by Gasteiger charge is 2.31. The van der Waals surface area contributed by atoms with Crippen LogP contribution in [0.25, 0.3) is 0 Å². The number of rotatable bonds is 9. The summed E-state index contributed by atoms with van der Waals surface area (Å²) in [5, 5.41) is 6.00. The third-order valence-electron chi connectivity index (χ3n) is 4.60. The number of hydrogen-bond acceptors (Lipinski definition) is 7. The van der Waals surface area contributed by atoms with Gasteiger partial charge in [-0.3, -0.25) is 4.72 Å². The van der Waals surface area contributed by atoms with Crippen molar-refractivity contribution in [1.29, 1.82) is 0 Å². The highest BCUT2D eigenvalue weighted by atomic mass is 35.5. The van der Waals surface area contributed by atoms with Crippen LogP contribution in [0, 0.1) is 11.6 Å². The van der Waals surface area contributed by atoms with Crippen LogP contribution in [0.4, 0.5) is 45.0 Å². The Kier molecular flexibility index (Phi) is 8.39. The largest absolute Gasteiger partial charge is 0.416 e. The Hall–Kier alpha value is -2.83. The van der Waals surface area contributed by atoms with E-state index in [0.717, 1.165) is 42.5 Å². The van der Waals surface area contributed by atoms with E-state index in [4.69, 9.17) is 11.6 Å². The number of halogens is 6. The third-order valence-corrected chi connectivity index (χ3v) is 5.73. The first-order valence-corrected chi connectivity index (χ1v) is 11.0. The van der Waals surface area contributed by atoms with Crippen LogP contribution in [0.15, 0.2) is 47.6 Å². The van der Waals surface area contributed by atoms with Crippen LogP contribution in [0.3, 0.4) is 0 Å². The van der Waals surface area contributed by atoms with E-state index in [9.17, 15) is 22.0 Å². The van der Waals surface area contributed by atoms with Crippen LogP contribution in [0.2, 0.25) is 5.02 Å². The van der Waals surface area contributed by atoms with Crippen LogP contribution in [0.1, 0.15) is 5.56 Å². The monoisotopic (exact) mass is 518 g/mol. The molecule has 2 aromatic carbocycles. The molecule has 0 spiro atoms. The van der Waals surface area contributed by atoms with E-state index in [0.29, 0.717) is 18.8 Å². The van der Waals surface area contributed by atoms with Crippen molar-refractivity contribution in [2.24, 2.45) is 0 Å². The van der Waals surface area contributed by atoms with Gasteiger partial charge >= 0.3 is 6.18 Å². The van der Waals surface area contributed by atoms with Crippen molar-refractivity contribution >= 4 is 46.6 Å². The van der Waals surface area contributed by atoms with Crippen molar-refractivity contribution in [3.05, 3.63) is 64.9 Å². The summed E-state index contributed by atoms with van der Waals surface area (Å²) in [7, 11) is 3.39. The summed E-state index contributed by atoms with van der Waals surface area (Å²) in [6.45, 7) is 0.972. The van der Waals surface area contributed by atoms with Gasteiger partial charge in [0.1, 0.15) is 5.82 Å². The molecule has 1 heterocycles. The van der Waals surface area contributed by atoms with Gasteiger partial charge in [-0.15, -0.1) is 0 Å². The molecule has 13 heteroatoms. The van der Waals surface area contributed by atoms with Gasteiger partial charge in [0.25, 0.3) is 0 Å². The molecule has 0 saturated carbocycles. The molecule has 3 aromatic rings. The molecule has 0 radical (unpaired) electrons. The van der Waals surface area contributed by atoms with Gasteiger partial charge in [0.05, 0.1) is 44.9 Å². The molecule has 1 aromatic heterocycles. The lowest BCUT2D eigenvalue weighted by atomic mass is 10.1. The number of anilines is 4. The van der Waals surface area contributed by atoms with Crippen LogP contribution < -0.4 is 20.3 Å². The summed E-state index contributed by atoms with van der Waals surface area (Å²) < 4.78 is 70.1. The number of alkyl halides is 3. The van der Waals surface area contributed by atoms with E-state index in [1.54, 1.807) is 19.0 Å². The minimum atomic E-state index is -4.51. The third kappa shape index (κ3) is 6.61. The molecule has 0 aliphatic heterocycles. The Bertz CT molecular complexity index is 1130. The van der Waals surface area contributed by atoms with Crippen LogP contribution in [-0.4, -0.2) is 37.2 Å². The van der Waals surface area contributed by atoms with E-state index in [-0.39, 0.29) is 27.2 Å². The quantitative estimate of drug-likeness (QED) is 0.239. The maximum Gasteiger partial charge on any atom is 0.416 e. The Balaban J connectivity index is 1.84. The van der Waals surface area contributed by atoms with Crippen molar-refractivity contribution in [1.82, 2.24) is 15.3 Å². The highest BCUT2D eigenvalue weighted by Crippen LogP contribution is 2.38. The molecule has 0 unspecified atom stereocenters. The maximum atomic E-state index is 14.7. The lowest BCUT2D eigenvalue weighted by molar-refractivity contribution is -0.137. The molecule has 0 amide bonds. The van der Waals surface area contributed by atoms with E-state index >= 15 is 0 Å². The molecule has 34 heavy (non-hydrogen) atoms. The van der Waals surface area contributed by atoms with Crippen LogP contribution in [0.5, 0.6) is 0 Å². The van der Waals surface area contributed by atoms with Gasteiger partial charge in [-0.05, 0) is 43.3 Å². The van der Waals surface area contributed by atoms with E-state index in [1.807, 2.05) is 0 Å². The molecule has 3 rings (SSSR count). The normalized spacial score (nSPS) is 11.4. The fraction of sp³-hybridized carbons (Fsp3) is 0.238. The Morgan fingerprint density at radius 1 is 1.06 bits per heavy atom. The smallest absolute Gasteiger partial charge is 0.372 e. The lowest BCUT2D eigenvalue weighted by Crippen LogP contribution is -2.27. The summed E-state index contributed by atoms with van der Waals surface area (Å²) in [5.41, 5.74) is -0.0340. The van der Waals surface area contributed by atoms with Gasteiger partial charge in [-0.1, -0.05) is 11.6 Å². The zero-order valence-corrected chi connectivity index (χ0v) is 19.5. The first kappa shape index (κ1) is 25.8. The fourth-order valence-corrected chi connectivity index (χ4v) is 3.76. The highest BCUT2D eigenvalue weighted by molar-refractivity contribution is 8.00. The van der Waals surface area contributed by atoms with Gasteiger partial charge in [-0.25, -0.2) is 18.7 Å². The average Bonchev–Trinajstić information content (AvgIpc) is 2.79. The van der Waals surface area contributed by atoms with E-state index in [1.165, 1.54) is 12.1 Å². The Morgan fingerprint density at radius 3 is 2.41 bits per heavy atom. The molecule has 0 atom stereocenters. The van der Waals surface area contributed by atoms with Crippen molar-refractivity contribution in [2.45, 2.75) is 11.1 Å². The van der Waals surface area contributed by atoms with Gasteiger partial charge < -0.3 is 15.5 Å². The van der Waals surface area contributed by atoms with Crippen molar-refractivity contribution in [3.63, 3.8) is 0 Å². The number of nitrogens with zero attached hydrogens (tertiary/aromatic N) is 3. The Labute approximate surface area is 202 Å². The first-order chi connectivity index (χ1) is 16.1. The minimum absolute atomic E-state index is 0.0723. The van der Waals surface area contributed by atoms with Crippen molar-refractivity contribution < 1.29 is 22.0 Å². The molecule has 0 aliphatic rings. The zero-order valence-electron chi connectivity index (χ0n) is 18.0. The summed E-state index contributed by atoms with van der Waals surface area (Å²) in [6, 6.07) is 5.72. The second kappa shape index (κ2) is 11.1. The fourth-order valence-electron chi connectivity index (χ4n) is 2.84. The molecule has 0 fully saturated rings. The maximum absolute atomic E-state index is 14.7. The number of aromatic nitrogens is 2. The molecule has 0 saturated heterocycles. The zero-order chi connectivity index (χ0) is 24.9. The minimum Gasteiger partial charge on any atom is -0.372 e. The summed E-state index contributed by atoms with van der Waals surface area (Å²) in [4.78, 5) is 9.19. The predicted molar refractivity (Wildman–Crippen MR) is 125 cm³/mol. The number of likely N-dealkylation sites (N-methyl/N-ethyl adjacent to an activating group) is 2. The standard InChI is InChI=1S/C21H20ClF5N6S/c1-28-5-6-33(2)18-7-12(21(25,26)27)3-4-16(18)31-17-9-15(24)19(8-14(17)22)34-32-20-29-10-13(23)11-30-20/h3-4,7-11,28,31H,5-6H2,1-2H3,(H,29,30,32). The Morgan fingerprint density at radius 2 is 1.76 bits per heavy atom. The van der Waals surface area contributed by atoms with Gasteiger partial charge in [-0.2, -0.15) is 13.2 Å². The second-order valence-corrected chi connectivity index (χ2v) is 8.33. The predicted octanol–water partition coefficient (Wildman–Crippen LogP) is 5.95. The number of benzene rings is 2. The number of nitrogens with one attached hydrogen (secondary N) is 3. The van der Waals surface area contributed by atoms with E-state index < -0.39 is 23.4 Å².